The van der Waals surface area contributed by atoms with E-state index in [1.165, 1.54) is 5.56 Å². The predicted molar refractivity (Wildman–Crippen MR) is 115 cm³/mol. The zero-order valence-electron chi connectivity index (χ0n) is 16.3. The fourth-order valence-electron chi connectivity index (χ4n) is 3.21. The molecule has 1 atom stereocenters. The van der Waals surface area contributed by atoms with Crippen LogP contribution in [0.1, 0.15) is 11.6 Å². The van der Waals surface area contributed by atoms with Gasteiger partial charge in [0.15, 0.2) is 5.11 Å². The summed E-state index contributed by atoms with van der Waals surface area (Å²) < 4.78 is 16.0. The van der Waals surface area contributed by atoms with Gasteiger partial charge in [0, 0.05) is 25.3 Å². The van der Waals surface area contributed by atoms with Crippen LogP contribution in [0.25, 0.3) is 0 Å². The van der Waals surface area contributed by atoms with Gasteiger partial charge in [-0.05, 0) is 54.2 Å². The molecule has 1 saturated heterocycles. The second-order valence-electron chi connectivity index (χ2n) is 6.50. The highest BCUT2D eigenvalue weighted by atomic mass is 32.1. The van der Waals surface area contributed by atoms with Crippen molar-refractivity contribution in [3.8, 4) is 11.5 Å². The van der Waals surface area contributed by atoms with Crippen LogP contribution in [0.15, 0.2) is 48.5 Å². The van der Waals surface area contributed by atoms with Crippen molar-refractivity contribution in [2.75, 3.05) is 52.4 Å². The van der Waals surface area contributed by atoms with E-state index < -0.39 is 0 Å². The maximum absolute atomic E-state index is 5.52. The summed E-state index contributed by atoms with van der Waals surface area (Å²) in [7, 11) is 3.33. The van der Waals surface area contributed by atoms with Crippen molar-refractivity contribution in [1.82, 2.24) is 10.2 Å². The van der Waals surface area contributed by atoms with Crippen LogP contribution in [0.5, 0.6) is 11.5 Å². The Kier molecular flexibility index (Phi) is 7.47. The first-order chi connectivity index (χ1) is 13.7. The van der Waals surface area contributed by atoms with Gasteiger partial charge in [-0.25, -0.2) is 0 Å². The summed E-state index contributed by atoms with van der Waals surface area (Å²) in [6.45, 7) is 4.00. The van der Waals surface area contributed by atoms with Crippen LogP contribution < -0.4 is 20.1 Å². The zero-order chi connectivity index (χ0) is 19.8. The molecule has 2 aromatic rings. The normalized spacial score (nSPS) is 15.5. The van der Waals surface area contributed by atoms with Gasteiger partial charge in [-0.1, -0.05) is 12.1 Å². The number of rotatable bonds is 7. The number of ether oxygens (including phenoxy) is 3. The van der Waals surface area contributed by atoms with Crippen LogP contribution in [0.4, 0.5) is 5.69 Å². The molecule has 0 aromatic heterocycles. The fraction of sp³-hybridized carbons (Fsp3) is 0.381. The molecule has 2 N–H and O–H groups in total. The van der Waals surface area contributed by atoms with Crippen molar-refractivity contribution in [3.05, 3.63) is 54.1 Å². The van der Waals surface area contributed by atoms with Crippen molar-refractivity contribution < 1.29 is 14.2 Å². The maximum atomic E-state index is 5.52. The molecule has 1 heterocycles. The third-order valence-electron chi connectivity index (χ3n) is 4.79. The Morgan fingerprint density at radius 1 is 1.00 bits per heavy atom. The van der Waals surface area contributed by atoms with Gasteiger partial charge < -0.3 is 24.8 Å². The molecule has 28 heavy (non-hydrogen) atoms. The van der Waals surface area contributed by atoms with E-state index in [4.69, 9.17) is 26.4 Å². The molecule has 150 valence electrons. The summed E-state index contributed by atoms with van der Waals surface area (Å²) in [5.41, 5.74) is 2.15. The fourth-order valence-corrected chi connectivity index (χ4v) is 3.41. The topological polar surface area (TPSA) is 55.0 Å². The Hall–Kier alpha value is -2.35. The van der Waals surface area contributed by atoms with E-state index in [1.807, 2.05) is 36.4 Å². The molecule has 0 radical (unpaired) electrons. The predicted octanol–water partition coefficient (Wildman–Crippen LogP) is 3.06. The molecule has 0 aliphatic carbocycles. The van der Waals surface area contributed by atoms with Crippen molar-refractivity contribution in [3.63, 3.8) is 0 Å². The lowest BCUT2D eigenvalue weighted by atomic mass is 10.0. The Labute approximate surface area is 171 Å². The summed E-state index contributed by atoms with van der Waals surface area (Å²) in [5, 5.41) is 7.18. The smallest absolute Gasteiger partial charge is 0.170 e. The van der Waals surface area contributed by atoms with E-state index in [-0.39, 0.29) is 6.04 Å². The monoisotopic (exact) mass is 401 g/mol. The molecule has 0 bridgehead atoms. The van der Waals surface area contributed by atoms with E-state index >= 15 is 0 Å². The number of hydrogen-bond acceptors (Lipinski definition) is 5. The molecule has 0 unspecified atom stereocenters. The van der Waals surface area contributed by atoms with Gasteiger partial charge in [-0.3, -0.25) is 4.90 Å². The van der Waals surface area contributed by atoms with Crippen LogP contribution in [-0.2, 0) is 4.74 Å². The molecule has 1 fully saturated rings. The molecular formula is C21H27N3O3S. The van der Waals surface area contributed by atoms with E-state index in [2.05, 4.69) is 27.7 Å². The van der Waals surface area contributed by atoms with Crippen molar-refractivity contribution in [1.29, 1.82) is 0 Å². The number of benzene rings is 2. The maximum Gasteiger partial charge on any atom is 0.170 e. The standard InChI is InChI=1S/C21H27N3O3S/c1-25-18-7-3-16(4-8-18)20(24-11-13-27-14-12-24)15-22-21(28)23-17-5-9-19(26-2)10-6-17/h3-10,20H,11-15H2,1-2H3,(H2,22,23,28)/t20-/m1/s1. The third kappa shape index (κ3) is 5.58. The van der Waals surface area contributed by atoms with E-state index in [0.29, 0.717) is 11.7 Å². The molecule has 0 saturated carbocycles. The Morgan fingerprint density at radius 2 is 1.57 bits per heavy atom. The number of hydrogen-bond donors (Lipinski definition) is 2. The molecular weight excluding hydrogens is 374 g/mol. The average molecular weight is 402 g/mol. The van der Waals surface area contributed by atoms with E-state index in [1.54, 1.807) is 14.2 Å². The Bertz CT molecular complexity index is 746. The quantitative estimate of drug-likeness (QED) is 0.692. The Balaban J connectivity index is 1.63. The lowest BCUT2D eigenvalue weighted by molar-refractivity contribution is 0.0170. The van der Waals surface area contributed by atoms with Crippen LogP contribution >= 0.6 is 12.2 Å². The molecule has 6 nitrogen and oxygen atoms in total. The van der Waals surface area contributed by atoms with Gasteiger partial charge in [-0.15, -0.1) is 0 Å². The molecule has 2 aromatic carbocycles. The second kappa shape index (κ2) is 10.3. The summed E-state index contributed by atoms with van der Waals surface area (Å²) in [5.74, 6) is 1.67. The van der Waals surface area contributed by atoms with Gasteiger partial charge >= 0.3 is 0 Å². The first-order valence-electron chi connectivity index (χ1n) is 9.34. The summed E-state index contributed by atoms with van der Waals surface area (Å²) in [6.07, 6.45) is 0. The summed E-state index contributed by atoms with van der Waals surface area (Å²) >= 11 is 5.49. The molecule has 7 heteroatoms. The molecule has 1 aliphatic rings. The number of thiocarbonyl (C=S) groups is 1. The molecule has 0 spiro atoms. The lowest BCUT2D eigenvalue weighted by Crippen LogP contribution is -2.44. The molecule has 3 rings (SSSR count). The number of nitrogens with one attached hydrogen (secondary N) is 2. The second-order valence-corrected chi connectivity index (χ2v) is 6.91. The van der Waals surface area contributed by atoms with Crippen LogP contribution in [0.3, 0.4) is 0 Å². The van der Waals surface area contributed by atoms with Gasteiger partial charge in [0.2, 0.25) is 0 Å². The highest BCUT2D eigenvalue weighted by molar-refractivity contribution is 7.80. The molecule has 1 aliphatic heterocycles. The van der Waals surface area contributed by atoms with Gasteiger partial charge in [0.05, 0.1) is 33.5 Å². The van der Waals surface area contributed by atoms with Crippen LogP contribution in [0, 0.1) is 0 Å². The highest BCUT2D eigenvalue weighted by Gasteiger charge is 2.23. The lowest BCUT2D eigenvalue weighted by Gasteiger charge is -2.35. The average Bonchev–Trinajstić information content (AvgIpc) is 2.75. The molecule has 0 amide bonds. The third-order valence-corrected chi connectivity index (χ3v) is 5.04. The minimum absolute atomic E-state index is 0.199. The summed E-state index contributed by atoms with van der Waals surface area (Å²) in [4.78, 5) is 2.42. The SMILES string of the molecule is COc1ccc(NC(=S)NC[C@H](c2ccc(OC)cc2)N2CCOCC2)cc1. The van der Waals surface area contributed by atoms with E-state index in [9.17, 15) is 0 Å². The number of morpholine rings is 1. The van der Waals surface area contributed by atoms with Gasteiger partial charge in [-0.2, -0.15) is 0 Å². The first-order valence-corrected chi connectivity index (χ1v) is 9.75. The van der Waals surface area contributed by atoms with Gasteiger partial charge in [0.1, 0.15) is 11.5 Å². The van der Waals surface area contributed by atoms with Crippen molar-refractivity contribution in [2.24, 2.45) is 0 Å². The Morgan fingerprint density at radius 3 is 2.14 bits per heavy atom. The van der Waals surface area contributed by atoms with Crippen LogP contribution in [0.2, 0.25) is 0 Å². The minimum Gasteiger partial charge on any atom is -0.497 e. The number of nitrogens with zero attached hydrogens (tertiary/aromatic N) is 1. The summed E-state index contributed by atoms with van der Waals surface area (Å²) in [6, 6.07) is 16.1. The van der Waals surface area contributed by atoms with E-state index in [0.717, 1.165) is 43.5 Å². The van der Waals surface area contributed by atoms with Gasteiger partial charge in [0.25, 0.3) is 0 Å². The largest absolute Gasteiger partial charge is 0.497 e. The minimum atomic E-state index is 0.199. The highest BCUT2D eigenvalue weighted by Crippen LogP contribution is 2.24. The zero-order valence-corrected chi connectivity index (χ0v) is 17.1. The number of anilines is 1. The first kappa shape index (κ1) is 20.4. The van der Waals surface area contributed by atoms with Crippen LogP contribution in [-0.4, -0.2) is 57.1 Å². The number of methoxy groups -OCH3 is 2. The van der Waals surface area contributed by atoms with Crippen molar-refractivity contribution >= 4 is 23.0 Å². The van der Waals surface area contributed by atoms with Crippen molar-refractivity contribution in [2.45, 2.75) is 6.04 Å².